The molecule has 0 spiro atoms. The summed E-state index contributed by atoms with van der Waals surface area (Å²) in [6, 6.07) is 33.2. The topological polar surface area (TPSA) is 46.5 Å². The average molecular weight is 680 g/mol. The van der Waals surface area contributed by atoms with Gasteiger partial charge in [-0.05, 0) is 94.9 Å². The Morgan fingerprint density at radius 1 is 0.727 bits per heavy atom. The van der Waals surface area contributed by atoms with Crippen molar-refractivity contribution >= 4 is 69.7 Å². The van der Waals surface area contributed by atoms with E-state index in [0.717, 1.165) is 49.4 Å². The van der Waals surface area contributed by atoms with Crippen molar-refractivity contribution in [1.29, 1.82) is 0 Å². The molecule has 0 heterocycles. The SMILES string of the molecule is Cc1cc(SCC=C(c2ccc(-c3cc(Cl)ccc3Cl)cc2)c2ccc(-c3cc(Cl)ccc3Cl)cc2)ccc1OCC(=O)O. The van der Waals surface area contributed by atoms with Crippen molar-refractivity contribution in [3.8, 4) is 28.0 Å². The second-order valence-corrected chi connectivity index (χ2v) is 12.7. The van der Waals surface area contributed by atoms with E-state index in [-0.39, 0.29) is 6.61 Å². The van der Waals surface area contributed by atoms with Crippen LogP contribution in [-0.4, -0.2) is 23.4 Å². The number of hydrogen-bond acceptors (Lipinski definition) is 3. The van der Waals surface area contributed by atoms with Crippen LogP contribution in [0.15, 0.2) is 114 Å². The number of hydrogen-bond donors (Lipinski definition) is 1. The minimum atomic E-state index is -1.01. The van der Waals surface area contributed by atoms with Crippen LogP contribution in [0.2, 0.25) is 20.1 Å². The number of aliphatic carboxylic acids is 1. The van der Waals surface area contributed by atoms with Crippen molar-refractivity contribution in [1.82, 2.24) is 0 Å². The van der Waals surface area contributed by atoms with E-state index in [9.17, 15) is 4.79 Å². The first-order valence-electron chi connectivity index (χ1n) is 13.6. The first-order valence-corrected chi connectivity index (χ1v) is 16.1. The van der Waals surface area contributed by atoms with E-state index < -0.39 is 5.97 Å². The third kappa shape index (κ3) is 8.01. The Hall–Kier alpha value is -3.38. The summed E-state index contributed by atoms with van der Waals surface area (Å²) in [7, 11) is 0. The Morgan fingerprint density at radius 2 is 1.25 bits per heavy atom. The van der Waals surface area contributed by atoms with Crippen molar-refractivity contribution in [3.63, 3.8) is 0 Å². The molecule has 0 saturated heterocycles. The van der Waals surface area contributed by atoms with E-state index >= 15 is 0 Å². The maximum Gasteiger partial charge on any atom is 0.341 e. The van der Waals surface area contributed by atoms with Gasteiger partial charge in [0.1, 0.15) is 5.75 Å². The van der Waals surface area contributed by atoms with Crippen LogP contribution in [0.5, 0.6) is 5.75 Å². The van der Waals surface area contributed by atoms with Gasteiger partial charge in [0.25, 0.3) is 0 Å². The van der Waals surface area contributed by atoms with Crippen LogP contribution < -0.4 is 4.74 Å². The lowest BCUT2D eigenvalue weighted by molar-refractivity contribution is -0.139. The molecule has 1 N–H and O–H groups in total. The fourth-order valence-corrected chi connectivity index (χ4v) is 6.40. The minimum Gasteiger partial charge on any atom is -0.482 e. The average Bonchev–Trinajstić information content (AvgIpc) is 3.01. The van der Waals surface area contributed by atoms with Gasteiger partial charge < -0.3 is 9.84 Å². The zero-order chi connectivity index (χ0) is 31.2. The maximum atomic E-state index is 10.9. The summed E-state index contributed by atoms with van der Waals surface area (Å²) in [5.74, 6) is 0.258. The highest BCUT2D eigenvalue weighted by Crippen LogP contribution is 2.35. The summed E-state index contributed by atoms with van der Waals surface area (Å²) in [5.41, 5.74) is 7.75. The largest absolute Gasteiger partial charge is 0.482 e. The zero-order valence-corrected chi connectivity index (χ0v) is 27.3. The van der Waals surface area contributed by atoms with E-state index in [1.165, 1.54) is 0 Å². The quantitative estimate of drug-likeness (QED) is 0.149. The molecule has 0 saturated carbocycles. The number of ether oxygens (including phenoxy) is 1. The summed E-state index contributed by atoms with van der Waals surface area (Å²) in [6.45, 7) is 1.54. The molecule has 0 fully saturated rings. The summed E-state index contributed by atoms with van der Waals surface area (Å²) in [6.07, 6.45) is 2.21. The lowest BCUT2D eigenvalue weighted by Gasteiger charge is -2.13. The number of rotatable bonds is 10. The lowest BCUT2D eigenvalue weighted by Crippen LogP contribution is -2.09. The summed E-state index contributed by atoms with van der Waals surface area (Å²) < 4.78 is 5.37. The lowest BCUT2D eigenvalue weighted by atomic mass is 9.94. The van der Waals surface area contributed by atoms with Crippen LogP contribution >= 0.6 is 58.2 Å². The number of aryl methyl sites for hydroxylation is 1. The van der Waals surface area contributed by atoms with Gasteiger partial charge in [0.2, 0.25) is 0 Å². The second-order valence-electron chi connectivity index (χ2n) is 9.94. The zero-order valence-electron chi connectivity index (χ0n) is 23.5. The van der Waals surface area contributed by atoms with Gasteiger partial charge in [0.15, 0.2) is 6.61 Å². The number of carboxylic acid groups (broad SMARTS) is 1. The predicted octanol–water partition coefficient (Wildman–Crippen LogP) is 11.6. The summed E-state index contributed by atoms with van der Waals surface area (Å²) >= 11 is 27.1. The number of halogens is 4. The Morgan fingerprint density at radius 3 is 1.73 bits per heavy atom. The van der Waals surface area contributed by atoms with Crippen LogP contribution in [0.4, 0.5) is 0 Å². The minimum absolute atomic E-state index is 0.371. The maximum absolute atomic E-state index is 10.9. The van der Waals surface area contributed by atoms with Crippen molar-refractivity contribution in [2.75, 3.05) is 12.4 Å². The van der Waals surface area contributed by atoms with Crippen LogP contribution in [0, 0.1) is 6.92 Å². The van der Waals surface area contributed by atoms with E-state index in [4.69, 9.17) is 56.2 Å². The Labute approximate surface area is 281 Å². The molecule has 0 amide bonds. The molecule has 5 rings (SSSR count). The molecule has 8 heteroatoms. The van der Waals surface area contributed by atoms with E-state index in [1.807, 2.05) is 61.5 Å². The molecule has 5 aromatic carbocycles. The summed E-state index contributed by atoms with van der Waals surface area (Å²) in [5, 5.41) is 11.4. The molecule has 5 aromatic rings. The molecule has 0 atom stereocenters. The fourth-order valence-electron chi connectivity index (χ4n) is 4.73. The Kier molecular flexibility index (Phi) is 10.6. The van der Waals surface area contributed by atoms with Gasteiger partial charge in [0, 0.05) is 41.9 Å². The van der Waals surface area contributed by atoms with Gasteiger partial charge in [0.05, 0.1) is 0 Å². The van der Waals surface area contributed by atoms with Gasteiger partial charge in [-0.1, -0.05) is 101 Å². The number of carboxylic acids is 1. The van der Waals surface area contributed by atoms with Crippen molar-refractivity contribution in [2.24, 2.45) is 0 Å². The van der Waals surface area contributed by atoms with Gasteiger partial charge in [-0.3, -0.25) is 0 Å². The van der Waals surface area contributed by atoms with Gasteiger partial charge >= 0.3 is 5.97 Å². The Balaban J connectivity index is 1.44. The molecule has 3 nitrogen and oxygen atoms in total. The number of carbonyl (C=O) groups is 1. The standard InChI is InChI=1S/C36H26Cl4O3S/c1-22-18-29(12-15-35(22)43-21-36(41)42)44-17-16-30(23-2-6-25(7-3-23)31-19-27(37)10-13-33(31)39)24-4-8-26(9-5-24)32-20-28(38)11-14-34(32)40/h2-16,18-20H,17,21H2,1H3,(H,41,42). The molecule has 0 aromatic heterocycles. The Bertz CT molecular complexity index is 1740. The highest BCUT2D eigenvalue weighted by atomic mass is 35.5. The molecule has 0 aliphatic heterocycles. The van der Waals surface area contributed by atoms with E-state index in [0.29, 0.717) is 31.6 Å². The molecule has 0 aliphatic rings. The highest BCUT2D eigenvalue weighted by molar-refractivity contribution is 7.99. The van der Waals surface area contributed by atoms with Crippen molar-refractivity contribution < 1.29 is 14.6 Å². The normalized spacial score (nSPS) is 10.8. The monoisotopic (exact) mass is 678 g/mol. The van der Waals surface area contributed by atoms with Crippen LogP contribution in [0.25, 0.3) is 27.8 Å². The third-order valence-corrected chi connectivity index (χ3v) is 8.96. The number of thioether (sulfide) groups is 1. The fraction of sp³-hybridized carbons (Fsp3) is 0.0833. The highest BCUT2D eigenvalue weighted by Gasteiger charge is 2.11. The molecule has 222 valence electrons. The molecule has 44 heavy (non-hydrogen) atoms. The predicted molar refractivity (Wildman–Crippen MR) is 186 cm³/mol. The molecular formula is C36H26Cl4O3S. The van der Waals surface area contributed by atoms with Crippen LogP contribution in [0.1, 0.15) is 16.7 Å². The molecule has 0 unspecified atom stereocenters. The molecular weight excluding hydrogens is 654 g/mol. The van der Waals surface area contributed by atoms with Crippen molar-refractivity contribution in [2.45, 2.75) is 11.8 Å². The first kappa shape index (κ1) is 32.0. The summed E-state index contributed by atoms with van der Waals surface area (Å²) in [4.78, 5) is 11.9. The molecule has 0 aliphatic carbocycles. The van der Waals surface area contributed by atoms with Gasteiger partial charge in [-0.2, -0.15) is 0 Å². The molecule has 0 bridgehead atoms. The van der Waals surface area contributed by atoms with Gasteiger partial charge in [-0.15, -0.1) is 11.8 Å². The van der Waals surface area contributed by atoms with E-state index in [2.05, 4.69) is 30.3 Å². The van der Waals surface area contributed by atoms with Crippen LogP contribution in [-0.2, 0) is 4.79 Å². The van der Waals surface area contributed by atoms with Gasteiger partial charge in [-0.25, -0.2) is 4.79 Å². The van der Waals surface area contributed by atoms with Crippen molar-refractivity contribution in [3.05, 3.63) is 146 Å². The number of benzene rings is 5. The first-order chi connectivity index (χ1) is 21.2. The second kappa shape index (κ2) is 14.6. The van der Waals surface area contributed by atoms with Crippen LogP contribution in [0.3, 0.4) is 0 Å². The smallest absolute Gasteiger partial charge is 0.341 e. The third-order valence-electron chi connectivity index (χ3n) is 6.91. The van der Waals surface area contributed by atoms with E-state index in [1.54, 1.807) is 36.0 Å². The molecule has 0 radical (unpaired) electrons.